The molecule has 1 aliphatic rings. The number of nitrogens with zero attached hydrogens (tertiary/aromatic N) is 3. The Kier molecular flexibility index (Phi) is 8.06. The maximum atomic E-state index is 12.8. The average Bonchev–Trinajstić information content (AvgIpc) is 3.13. The number of thiazole rings is 1. The van der Waals surface area contributed by atoms with Crippen molar-refractivity contribution >= 4 is 70.8 Å². The number of halogens is 1. The molecule has 1 aliphatic heterocycles. The fourth-order valence-corrected chi connectivity index (χ4v) is 6.73. The fourth-order valence-electron chi connectivity index (χ4n) is 4.06. The highest BCUT2D eigenvalue weighted by Gasteiger charge is 2.28. The average molecular weight is 595 g/mol. The summed E-state index contributed by atoms with van der Waals surface area (Å²) in [5, 5.41) is 0. The van der Waals surface area contributed by atoms with E-state index in [4.69, 9.17) is 4.74 Å². The van der Waals surface area contributed by atoms with E-state index < -0.39 is 39.1 Å². The van der Waals surface area contributed by atoms with E-state index >= 15 is 0 Å². The summed E-state index contributed by atoms with van der Waals surface area (Å²) in [5.41, 5.74) is 2.35. The quantitative estimate of drug-likeness (QED) is 0.389. The summed E-state index contributed by atoms with van der Waals surface area (Å²) in [5.74, 6) is -3.69. The van der Waals surface area contributed by atoms with Gasteiger partial charge in [-0.1, -0.05) is 45.5 Å². The Bertz CT molecular complexity index is 1510. The number of esters is 1. The SMILES string of the molecule is CCOC(=O)Cn1c(=NC(=O)CS(=O)(=O)CC(=O)N2CCCc3ccccc32)sc2cc(Br)ccc21. The predicted molar refractivity (Wildman–Crippen MR) is 140 cm³/mol. The summed E-state index contributed by atoms with van der Waals surface area (Å²) < 4.78 is 33.6. The third-order valence-corrected chi connectivity index (χ3v) is 8.46. The van der Waals surface area contributed by atoms with Gasteiger partial charge in [0.05, 0.1) is 16.8 Å². The van der Waals surface area contributed by atoms with Crippen molar-refractivity contribution in [2.45, 2.75) is 26.3 Å². The van der Waals surface area contributed by atoms with Gasteiger partial charge in [-0.05, 0) is 49.6 Å². The number of carbonyl (C=O) groups is 3. The van der Waals surface area contributed by atoms with Crippen LogP contribution in [0.25, 0.3) is 10.2 Å². The predicted octanol–water partition coefficient (Wildman–Crippen LogP) is 2.85. The van der Waals surface area contributed by atoms with Crippen LogP contribution >= 0.6 is 27.3 Å². The zero-order chi connectivity index (χ0) is 25.9. The molecule has 9 nitrogen and oxygen atoms in total. The van der Waals surface area contributed by atoms with Gasteiger partial charge < -0.3 is 14.2 Å². The van der Waals surface area contributed by atoms with Crippen LogP contribution in [0.4, 0.5) is 5.69 Å². The molecule has 0 N–H and O–H groups in total. The third-order valence-electron chi connectivity index (χ3n) is 5.56. The van der Waals surface area contributed by atoms with Gasteiger partial charge >= 0.3 is 5.97 Å². The topological polar surface area (TPSA) is 115 Å². The van der Waals surface area contributed by atoms with Crippen molar-refractivity contribution in [1.82, 2.24) is 4.57 Å². The Labute approximate surface area is 220 Å². The normalized spacial score (nSPS) is 14.1. The molecule has 0 atom stereocenters. The lowest BCUT2D eigenvalue weighted by Crippen LogP contribution is -2.40. The Morgan fingerprint density at radius 3 is 2.69 bits per heavy atom. The van der Waals surface area contributed by atoms with Crippen LogP contribution in [0.1, 0.15) is 18.9 Å². The monoisotopic (exact) mass is 593 g/mol. The molecule has 0 spiro atoms. The highest BCUT2D eigenvalue weighted by Crippen LogP contribution is 2.27. The van der Waals surface area contributed by atoms with E-state index in [1.165, 1.54) is 9.47 Å². The molecular formula is C24H24BrN3O6S2. The van der Waals surface area contributed by atoms with E-state index in [0.717, 1.165) is 38.9 Å². The minimum atomic E-state index is -4.07. The molecule has 1 aromatic heterocycles. The molecule has 2 amide bonds. The summed E-state index contributed by atoms with van der Waals surface area (Å²) in [4.78, 5) is 43.3. The van der Waals surface area contributed by atoms with Gasteiger partial charge in [0.15, 0.2) is 14.6 Å². The van der Waals surface area contributed by atoms with Crippen molar-refractivity contribution in [2.75, 3.05) is 29.6 Å². The van der Waals surface area contributed by atoms with Gasteiger partial charge in [0.2, 0.25) is 5.91 Å². The Morgan fingerprint density at radius 1 is 1.14 bits per heavy atom. The number of sulfone groups is 1. The highest BCUT2D eigenvalue weighted by atomic mass is 79.9. The second-order valence-electron chi connectivity index (χ2n) is 8.20. The van der Waals surface area contributed by atoms with Gasteiger partial charge in [-0.25, -0.2) is 8.42 Å². The number of hydrogen-bond donors (Lipinski definition) is 0. The molecule has 2 heterocycles. The molecule has 0 saturated heterocycles. The maximum absolute atomic E-state index is 12.8. The van der Waals surface area contributed by atoms with E-state index in [1.54, 1.807) is 31.2 Å². The minimum absolute atomic E-state index is 0.174. The number of fused-ring (bicyclic) bond motifs is 2. The molecule has 3 aromatic rings. The fraction of sp³-hybridized carbons (Fsp3) is 0.333. The molecule has 0 aliphatic carbocycles. The van der Waals surface area contributed by atoms with E-state index in [0.29, 0.717) is 17.7 Å². The molecule has 0 radical (unpaired) electrons. The Morgan fingerprint density at radius 2 is 1.92 bits per heavy atom. The van der Waals surface area contributed by atoms with Gasteiger partial charge in [0.25, 0.3) is 5.91 Å². The van der Waals surface area contributed by atoms with Gasteiger partial charge in [-0.2, -0.15) is 4.99 Å². The second-order valence-corrected chi connectivity index (χ2v) is 12.2. The molecule has 0 bridgehead atoms. The van der Waals surface area contributed by atoms with Crippen LogP contribution in [0, 0.1) is 0 Å². The van der Waals surface area contributed by atoms with E-state index in [2.05, 4.69) is 20.9 Å². The number of para-hydroxylation sites is 1. The van der Waals surface area contributed by atoms with Crippen molar-refractivity contribution in [3.05, 3.63) is 57.3 Å². The molecule has 2 aromatic carbocycles. The van der Waals surface area contributed by atoms with Crippen LogP contribution in [-0.2, 0) is 41.9 Å². The standard InChI is InChI=1S/C24H24BrN3O6S2/c1-2-34-23(31)13-28-19-10-9-17(25)12-20(19)35-24(28)26-21(29)14-36(32,33)15-22(30)27-11-5-7-16-6-3-4-8-18(16)27/h3-4,6,8-10,12H,2,5,7,11,13-15H2,1H3. The first-order valence-corrected chi connectivity index (χ1v) is 14.7. The summed E-state index contributed by atoms with van der Waals surface area (Å²) >= 11 is 4.54. The zero-order valence-corrected chi connectivity index (χ0v) is 22.7. The first-order valence-electron chi connectivity index (χ1n) is 11.3. The second kappa shape index (κ2) is 11.1. The van der Waals surface area contributed by atoms with Crippen molar-refractivity contribution in [1.29, 1.82) is 0 Å². The number of ether oxygens (including phenoxy) is 1. The van der Waals surface area contributed by atoms with Gasteiger partial charge in [-0.15, -0.1) is 0 Å². The number of anilines is 1. The number of carbonyl (C=O) groups excluding carboxylic acids is 3. The van der Waals surface area contributed by atoms with Crippen molar-refractivity contribution in [3.63, 3.8) is 0 Å². The zero-order valence-electron chi connectivity index (χ0n) is 19.5. The van der Waals surface area contributed by atoms with Gasteiger partial charge in [0, 0.05) is 16.7 Å². The lowest BCUT2D eigenvalue weighted by Gasteiger charge is -2.29. The van der Waals surface area contributed by atoms with Crippen LogP contribution in [-0.4, -0.2) is 55.4 Å². The molecule has 4 rings (SSSR count). The van der Waals surface area contributed by atoms with Gasteiger partial charge in [0.1, 0.15) is 18.1 Å². The van der Waals surface area contributed by atoms with Crippen LogP contribution in [0.3, 0.4) is 0 Å². The molecule has 190 valence electrons. The number of aryl methyl sites for hydroxylation is 1. The first kappa shape index (κ1) is 26.2. The van der Waals surface area contributed by atoms with Crippen molar-refractivity contribution in [2.24, 2.45) is 4.99 Å². The summed E-state index contributed by atoms with van der Waals surface area (Å²) in [7, 11) is -4.07. The van der Waals surface area contributed by atoms with Crippen LogP contribution < -0.4 is 9.70 Å². The molecule has 0 unspecified atom stereocenters. The molecule has 12 heteroatoms. The van der Waals surface area contributed by atoms with Crippen molar-refractivity contribution < 1.29 is 27.5 Å². The van der Waals surface area contributed by atoms with E-state index in [1.807, 2.05) is 18.2 Å². The maximum Gasteiger partial charge on any atom is 0.326 e. The van der Waals surface area contributed by atoms with E-state index in [-0.39, 0.29) is 18.0 Å². The Balaban J connectivity index is 1.55. The smallest absolute Gasteiger partial charge is 0.326 e. The lowest BCUT2D eigenvalue weighted by molar-refractivity contribution is -0.143. The molecule has 0 saturated carbocycles. The first-order chi connectivity index (χ1) is 17.2. The summed E-state index contributed by atoms with van der Waals surface area (Å²) in [6.07, 6.45) is 1.56. The van der Waals surface area contributed by atoms with Crippen LogP contribution in [0.15, 0.2) is 51.9 Å². The molecule has 36 heavy (non-hydrogen) atoms. The van der Waals surface area contributed by atoms with Crippen LogP contribution in [0.5, 0.6) is 0 Å². The minimum Gasteiger partial charge on any atom is -0.465 e. The van der Waals surface area contributed by atoms with Crippen LogP contribution in [0.2, 0.25) is 0 Å². The number of rotatable bonds is 7. The third kappa shape index (κ3) is 6.11. The number of hydrogen-bond acceptors (Lipinski definition) is 7. The molecular weight excluding hydrogens is 570 g/mol. The number of benzene rings is 2. The highest BCUT2D eigenvalue weighted by molar-refractivity contribution is 9.10. The molecule has 0 fully saturated rings. The van der Waals surface area contributed by atoms with Gasteiger partial charge in [-0.3, -0.25) is 14.4 Å². The lowest BCUT2D eigenvalue weighted by atomic mass is 10.0. The summed E-state index contributed by atoms with van der Waals surface area (Å²) in [6.45, 7) is 2.14. The number of aromatic nitrogens is 1. The Hall–Kier alpha value is -2.83. The van der Waals surface area contributed by atoms with Crippen molar-refractivity contribution in [3.8, 4) is 0 Å². The largest absolute Gasteiger partial charge is 0.465 e. The summed E-state index contributed by atoms with van der Waals surface area (Å²) in [6, 6.07) is 12.8. The van der Waals surface area contributed by atoms with E-state index in [9.17, 15) is 22.8 Å². The number of amides is 2.